The summed E-state index contributed by atoms with van der Waals surface area (Å²) in [5, 5.41) is 4.88. The molecule has 0 aliphatic carbocycles. The summed E-state index contributed by atoms with van der Waals surface area (Å²) in [4.78, 5) is 22.8. The van der Waals surface area contributed by atoms with Crippen LogP contribution in [-0.2, 0) is 16.6 Å². The van der Waals surface area contributed by atoms with E-state index in [1.807, 2.05) is 0 Å². The first kappa shape index (κ1) is 13.5. The molecule has 0 spiro atoms. The van der Waals surface area contributed by atoms with Crippen LogP contribution in [0, 0.1) is 0 Å². The molecule has 0 fully saturated rings. The van der Waals surface area contributed by atoms with Crippen LogP contribution in [-0.4, -0.2) is 28.8 Å². The van der Waals surface area contributed by atoms with Crippen LogP contribution in [0.2, 0.25) is 0 Å². The van der Waals surface area contributed by atoms with Gasteiger partial charge in [-0.1, -0.05) is 0 Å². The largest absolute Gasteiger partial charge is 0.465 e. The summed E-state index contributed by atoms with van der Waals surface area (Å²) in [5.41, 5.74) is 0.731. The first-order chi connectivity index (χ1) is 8.93. The number of nitrogens with zero attached hydrogens (tertiary/aromatic N) is 2. The molecule has 2 aromatic rings. The number of benzene rings is 1. The number of carbonyl (C=O) groups excluding carboxylic acids is 2. The number of esters is 2. The van der Waals surface area contributed by atoms with Gasteiger partial charge in [-0.2, -0.15) is 5.10 Å². The smallest absolute Gasteiger partial charge is 0.340 e. The van der Waals surface area contributed by atoms with Gasteiger partial charge in [-0.05, 0) is 22.0 Å². The van der Waals surface area contributed by atoms with E-state index in [9.17, 15) is 9.59 Å². The second-order valence-corrected chi connectivity index (χ2v) is 4.68. The quantitative estimate of drug-likeness (QED) is 0.624. The van der Waals surface area contributed by atoms with Crippen molar-refractivity contribution < 1.29 is 19.1 Å². The molecule has 0 bridgehead atoms. The van der Waals surface area contributed by atoms with E-state index < -0.39 is 11.9 Å². The molecule has 1 heterocycles. The summed E-state index contributed by atoms with van der Waals surface area (Å²) < 4.78 is 11.9. The van der Waals surface area contributed by atoms with Gasteiger partial charge in [0, 0.05) is 25.6 Å². The van der Waals surface area contributed by atoms with Crippen molar-refractivity contribution >= 4 is 38.8 Å². The Morgan fingerprint density at radius 3 is 2.68 bits per heavy atom. The number of ether oxygens (including phenoxy) is 2. The third-order valence-corrected chi connectivity index (χ3v) is 3.29. The van der Waals surface area contributed by atoms with Crippen molar-refractivity contribution in [2.75, 3.05) is 7.11 Å². The highest BCUT2D eigenvalue weighted by atomic mass is 79.9. The maximum atomic E-state index is 11.8. The highest BCUT2D eigenvalue weighted by molar-refractivity contribution is 9.10. The van der Waals surface area contributed by atoms with Crippen molar-refractivity contribution in [2.24, 2.45) is 7.05 Å². The minimum atomic E-state index is -0.537. The summed E-state index contributed by atoms with van der Waals surface area (Å²) in [5.74, 6) is -0.752. The molecule has 2 rings (SSSR count). The van der Waals surface area contributed by atoms with Gasteiger partial charge in [0.25, 0.3) is 0 Å². The first-order valence-corrected chi connectivity index (χ1v) is 6.16. The molecule has 19 heavy (non-hydrogen) atoms. The van der Waals surface area contributed by atoms with Crippen molar-refractivity contribution in [3.63, 3.8) is 0 Å². The Hall–Kier alpha value is -1.89. The molecule has 1 aromatic heterocycles. The number of methoxy groups -OCH3 is 1. The summed E-state index contributed by atoms with van der Waals surface area (Å²) in [6, 6.07) is 1.44. The molecule has 0 aliphatic heterocycles. The molecule has 0 radical (unpaired) electrons. The zero-order valence-electron chi connectivity index (χ0n) is 10.6. The number of halogens is 1. The van der Waals surface area contributed by atoms with Gasteiger partial charge in [-0.25, -0.2) is 4.79 Å². The van der Waals surface area contributed by atoms with E-state index in [4.69, 9.17) is 9.47 Å². The van der Waals surface area contributed by atoms with E-state index in [-0.39, 0.29) is 11.3 Å². The summed E-state index contributed by atoms with van der Waals surface area (Å²) >= 11 is 3.35. The Labute approximate surface area is 117 Å². The standard InChI is InChI=1S/C12H11BrN2O4/c1-6(16)19-9-4-7(12(17)18-3)11-8(10(9)13)5-15(2)14-11/h4-5H,1-3H3. The maximum Gasteiger partial charge on any atom is 0.340 e. The minimum absolute atomic E-state index is 0.248. The number of aryl methyl sites for hydroxylation is 1. The van der Waals surface area contributed by atoms with Gasteiger partial charge < -0.3 is 9.47 Å². The fourth-order valence-corrected chi connectivity index (χ4v) is 2.22. The normalized spacial score (nSPS) is 10.5. The lowest BCUT2D eigenvalue weighted by molar-refractivity contribution is -0.131. The molecule has 0 saturated heterocycles. The van der Waals surface area contributed by atoms with Crippen LogP contribution in [0.4, 0.5) is 0 Å². The van der Waals surface area contributed by atoms with Gasteiger partial charge in [0.15, 0.2) is 0 Å². The van der Waals surface area contributed by atoms with Gasteiger partial charge in [0.1, 0.15) is 11.3 Å². The molecule has 1 aromatic carbocycles. The Morgan fingerprint density at radius 1 is 1.42 bits per heavy atom. The molecular formula is C12H11BrN2O4. The molecule has 0 saturated carbocycles. The topological polar surface area (TPSA) is 70.4 Å². The zero-order chi connectivity index (χ0) is 14.2. The van der Waals surface area contributed by atoms with E-state index in [1.54, 1.807) is 17.9 Å². The molecule has 7 heteroatoms. The lowest BCUT2D eigenvalue weighted by atomic mass is 10.1. The number of rotatable bonds is 2. The number of hydrogen-bond donors (Lipinski definition) is 0. The van der Waals surface area contributed by atoms with Gasteiger partial charge in [-0.15, -0.1) is 0 Å². The monoisotopic (exact) mass is 326 g/mol. The molecule has 0 N–H and O–H groups in total. The number of fused-ring (bicyclic) bond motifs is 1. The highest BCUT2D eigenvalue weighted by Crippen LogP contribution is 2.35. The van der Waals surface area contributed by atoms with Crippen molar-refractivity contribution in [1.82, 2.24) is 9.78 Å². The van der Waals surface area contributed by atoms with Crippen LogP contribution in [0.3, 0.4) is 0 Å². The van der Waals surface area contributed by atoms with Gasteiger partial charge in [-0.3, -0.25) is 9.48 Å². The SMILES string of the molecule is COC(=O)c1cc(OC(C)=O)c(Br)c2cn(C)nc12. The second-order valence-electron chi connectivity index (χ2n) is 3.89. The molecule has 0 atom stereocenters. The lowest BCUT2D eigenvalue weighted by Gasteiger charge is -2.07. The van der Waals surface area contributed by atoms with Crippen molar-refractivity contribution in [1.29, 1.82) is 0 Å². The lowest BCUT2D eigenvalue weighted by Crippen LogP contribution is -2.06. The Balaban J connectivity index is 2.75. The van der Waals surface area contributed by atoms with Crippen molar-refractivity contribution in [2.45, 2.75) is 6.92 Å². The second kappa shape index (κ2) is 5.00. The average Bonchev–Trinajstić information content (AvgIpc) is 2.73. The van der Waals surface area contributed by atoms with Gasteiger partial charge in [0.05, 0.1) is 17.1 Å². The fourth-order valence-electron chi connectivity index (χ4n) is 1.74. The predicted octanol–water partition coefficient (Wildman–Crippen LogP) is 2.05. The Morgan fingerprint density at radius 2 is 2.11 bits per heavy atom. The van der Waals surface area contributed by atoms with Gasteiger partial charge in [0.2, 0.25) is 0 Å². The molecular weight excluding hydrogens is 316 g/mol. The van der Waals surface area contributed by atoms with E-state index in [0.29, 0.717) is 15.4 Å². The predicted molar refractivity (Wildman–Crippen MR) is 71.1 cm³/mol. The van der Waals surface area contributed by atoms with Crippen LogP contribution >= 0.6 is 15.9 Å². The van der Waals surface area contributed by atoms with Crippen LogP contribution in [0.1, 0.15) is 17.3 Å². The van der Waals surface area contributed by atoms with E-state index in [0.717, 1.165) is 0 Å². The molecule has 6 nitrogen and oxygen atoms in total. The van der Waals surface area contributed by atoms with Crippen molar-refractivity contribution in [3.05, 3.63) is 22.3 Å². The third kappa shape index (κ3) is 2.46. The molecule has 0 aliphatic rings. The van der Waals surface area contributed by atoms with E-state index in [1.165, 1.54) is 20.1 Å². The van der Waals surface area contributed by atoms with E-state index >= 15 is 0 Å². The fraction of sp³-hybridized carbons (Fsp3) is 0.250. The first-order valence-electron chi connectivity index (χ1n) is 5.36. The third-order valence-electron chi connectivity index (χ3n) is 2.47. The number of aromatic nitrogens is 2. The molecule has 0 amide bonds. The molecule has 0 unspecified atom stereocenters. The van der Waals surface area contributed by atoms with Crippen LogP contribution in [0.5, 0.6) is 5.75 Å². The van der Waals surface area contributed by atoms with Crippen LogP contribution in [0.25, 0.3) is 10.9 Å². The van der Waals surface area contributed by atoms with Crippen LogP contribution < -0.4 is 4.74 Å². The Kier molecular flexibility index (Phi) is 3.57. The average molecular weight is 327 g/mol. The van der Waals surface area contributed by atoms with E-state index in [2.05, 4.69) is 21.0 Å². The van der Waals surface area contributed by atoms with Gasteiger partial charge >= 0.3 is 11.9 Å². The highest BCUT2D eigenvalue weighted by Gasteiger charge is 2.20. The zero-order valence-corrected chi connectivity index (χ0v) is 12.1. The van der Waals surface area contributed by atoms with Crippen LogP contribution in [0.15, 0.2) is 16.7 Å². The number of carbonyl (C=O) groups is 2. The van der Waals surface area contributed by atoms with Crippen molar-refractivity contribution in [3.8, 4) is 5.75 Å². The summed E-state index contributed by atoms with van der Waals surface area (Å²) in [6.07, 6.45) is 1.72. The maximum absolute atomic E-state index is 11.8. The Bertz CT molecular complexity index is 678. The number of hydrogen-bond acceptors (Lipinski definition) is 5. The molecule has 100 valence electrons. The minimum Gasteiger partial charge on any atom is -0.465 e. The summed E-state index contributed by atoms with van der Waals surface area (Å²) in [7, 11) is 3.02. The summed E-state index contributed by atoms with van der Waals surface area (Å²) in [6.45, 7) is 1.29.